The van der Waals surface area contributed by atoms with Crippen molar-refractivity contribution in [2.24, 2.45) is 0 Å². The number of hydrogen-bond acceptors (Lipinski definition) is 5. The van der Waals surface area contributed by atoms with E-state index in [1.165, 1.54) is 11.0 Å². The van der Waals surface area contributed by atoms with Gasteiger partial charge in [0, 0.05) is 12.7 Å². The molecule has 21 heavy (non-hydrogen) atoms. The molecule has 6 nitrogen and oxygen atoms in total. The van der Waals surface area contributed by atoms with Crippen LogP contribution in [0.4, 0.5) is 11.4 Å². The van der Waals surface area contributed by atoms with E-state index in [0.29, 0.717) is 11.4 Å². The van der Waals surface area contributed by atoms with Crippen LogP contribution in [0.3, 0.4) is 0 Å². The van der Waals surface area contributed by atoms with Gasteiger partial charge in [0.05, 0.1) is 24.5 Å². The topological polar surface area (TPSA) is 81.9 Å². The third kappa shape index (κ3) is 4.61. The van der Waals surface area contributed by atoms with Crippen LogP contribution in [0.25, 0.3) is 0 Å². The largest absolute Gasteiger partial charge is 0.462 e. The Morgan fingerprint density at radius 2 is 2.14 bits per heavy atom. The van der Waals surface area contributed by atoms with E-state index in [4.69, 9.17) is 15.2 Å². The Morgan fingerprint density at radius 1 is 1.43 bits per heavy atom. The van der Waals surface area contributed by atoms with Crippen LogP contribution < -0.4 is 10.6 Å². The lowest BCUT2D eigenvalue weighted by atomic mass is 10.1. The van der Waals surface area contributed by atoms with Gasteiger partial charge in [-0.05, 0) is 25.1 Å². The number of carbonyl (C=O) groups excluding carboxylic acids is 2. The molecule has 1 amide bonds. The zero-order chi connectivity index (χ0) is 15.8. The van der Waals surface area contributed by atoms with Crippen LogP contribution in [-0.4, -0.2) is 38.7 Å². The van der Waals surface area contributed by atoms with E-state index in [1.807, 2.05) is 0 Å². The van der Waals surface area contributed by atoms with Crippen LogP contribution in [-0.2, 0) is 14.3 Å². The van der Waals surface area contributed by atoms with Crippen molar-refractivity contribution in [2.75, 3.05) is 37.5 Å². The summed E-state index contributed by atoms with van der Waals surface area (Å²) in [7, 11) is 1.55. The Hall–Kier alpha value is -2.34. The molecular weight excluding hydrogens is 272 g/mol. The number of nitrogens with zero attached hydrogens (tertiary/aromatic N) is 1. The summed E-state index contributed by atoms with van der Waals surface area (Å²) in [5.41, 5.74) is 6.85. The minimum Gasteiger partial charge on any atom is -0.462 e. The van der Waals surface area contributed by atoms with Crippen molar-refractivity contribution >= 4 is 23.3 Å². The van der Waals surface area contributed by atoms with Gasteiger partial charge in [-0.3, -0.25) is 4.79 Å². The lowest BCUT2D eigenvalue weighted by Gasteiger charge is -2.20. The van der Waals surface area contributed by atoms with Crippen LogP contribution in [0.2, 0.25) is 0 Å². The van der Waals surface area contributed by atoms with Crippen LogP contribution in [0.15, 0.2) is 30.9 Å². The average Bonchev–Trinajstić information content (AvgIpc) is 2.46. The Kier molecular flexibility index (Phi) is 6.42. The highest BCUT2D eigenvalue weighted by molar-refractivity contribution is 6.03. The van der Waals surface area contributed by atoms with Gasteiger partial charge in [0.2, 0.25) is 0 Å². The van der Waals surface area contributed by atoms with Crippen molar-refractivity contribution < 1.29 is 19.1 Å². The van der Waals surface area contributed by atoms with E-state index in [2.05, 4.69) is 6.58 Å². The Bertz CT molecular complexity index is 528. The molecule has 0 unspecified atom stereocenters. The number of benzene rings is 1. The third-order valence-corrected chi connectivity index (χ3v) is 2.71. The van der Waals surface area contributed by atoms with Crippen molar-refractivity contribution in [2.45, 2.75) is 6.92 Å². The number of nitrogens with two attached hydrogens (primary N) is 1. The number of carbonyl (C=O) groups is 2. The predicted octanol–water partition coefficient (Wildman–Crippen LogP) is 1.61. The minimum absolute atomic E-state index is 0.112. The van der Waals surface area contributed by atoms with Gasteiger partial charge >= 0.3 is 5.97 Å². The summed E-state index contributed by atoms with van der Waals surface area (Å²) in [4.78, 5) is 25.3. The maximum absolute atomic E-state index is 12.0. The van der Waals surface area contributed by atoms with Gasteiger partial charge in [-0.1, -0.05) is 6.08 Å². The molecule has 1 aromatic carbocycles. The van der Waals surface area contributed by atoms with Gasteiger partial charge < -0.3 is 20.1 Å². The highest BCUT2D eigenvalue weighted by atomic mass is 16.5. The molecule has 2 N–H and O–H groups in total. The molecular formula is C15H20N2O4. The molecule has 0 saturated carbocycles. The van der Waals surface area contributed by atoms with Crippen molar-refractivity contribution in [1.82, 2.24) is 0 Å². The Morgan fingerprint density at radius 3 is 2.76 bits per heavy atom. The van der Waals surface area contributed by atoms with E-state index >= 15 is 0 Å². The van der Waals surface area contributed by atoms with Crippen LogP contribution in [0.1, 0.15) is 17.3 Å². The fourth-order valence-electron chi connectivity index (χ4n) is 1.67. The van der Waals surface area contributed by atoms with Gasteiger partial charge in [-0.2, -0.15) is 0 Å². The minimum atomic E-state index is -0.501. The normalized spacial score (nSPS) is 10.0. The fourth-order valence-corrected chi connectivity index (χ4v) is 1.67. The molecule has 0 aliphatic carbocycles. The summed E-state index contributed by atoms with van der Waals surface area (Å²) in [5, 5.41) is 0. The van der Waals surface area contributed by atoms with E-state index < -0.39 is 5.97 Å². The number of hydrogen-bond donors (Lipinski definition) is 1. The van der Waals surface area contributed by atoms with Crippen molar-refractivity contribution in [3.05, 3.63) is 36.4 Å². The van der Waals surface area contributed by atoms with Crippen molar-refractivity contribution in [1.29, 1.82) is 0 Å². The number of likely N-dealkylation sites (N-methyl/N-ethyl adjacent to an activating group) is 1. The van der Waals surface area contributed by atoms with Gasteiger partial charge in [-0.25, -0.2) is 4.79 Å². The summed E-state index contributed by atoms with van der Waals surface area (Å²) in [5.74, 6) is -0.799. The summed E-state index contributed by atoms with van der Waals surface area (Å²) in [6.07, 6.45) is 1.55. The van der Waals surface area contributed by atoms with Crippen molar-refractivity contribution in [3.8, 4) is 0 Å². The van der Waals surface area contributed by atoms with Gasteiger partial charge in [0.1, 0.15) is 6.61 Å². The summed E-state index contributed by atoms with van der Waals surface area (Å²) >= 11 is 0. The lowest BCUT2D eigenvalue weighted by Crippen LogP contribution is -2.31. The maximum Gasteiger partial charge on any atom is 0.340 e. The second-order valence-corrected chi connectivity index (χ2v) is 4.25. The van der Waals surface area contributed by atoms with E-state index in [1.54, 1.807) is 32.2 Å². The first-order valence-corrected chi connectivity index (χ1v) is 6.53. The number of esters is 1. The molecule has 0 aliphatic heterocycles. The second-order valence-electron chi connectivity index (χ2n) is 4.25. The molecule has 114 valence electrons. The molecule has 6 heteroatoms. The summed E-state index contributed by atoms with van der Waals surface area (Å²) < 4.78 is 10.1. The Labute approximate surface area is 124 Å². The first kappa shape index (κ1) is 16.7. The highest BCUT2D eigenvalue weighted by Crippen LogP contribution is 2.23. The van der Waals surface area contributed by atoms with Gasteiger partial charge in [0.15, 0.2) is 0 Å². The van der Waals surface area contributed by atoms with E-state index in [-0.39, 0.29) is 31.3 Å². The van der Waals surface area contributed by atoms with Gasteiger partial charge in [0.25, 0.3) is 5.91 Å². The fraction of sp³-hybridized carbons (Fsp3) is 0.333. The van der Waals surface area contributed by atoms with E-state index in [9.17, 15) is 9.59 Å². The summed E-state index contributed by atoms with van der Waals surface area (Å²) in [6, 6.07) is 4.68. The number of anilines is 2. The monoisotopic (exact) mass is 292 g/mol. The average molecular weight is 292 g/mol. The molecule has 0 fully saturated rings. The quantitative estimate of drug-likeness (QED) is 0.357. The summed E-state index contributed by atoms with van der Waals surface area (Å²) in [6.45, 7) is 5.64. The molecule has 1 aromatic rings. The zero-order valence-electron chi connectivity index (χ0n) is 12.3. The highest BCUT2D eigenvalue weighted by Gasteiger charge is 2.19. The van der Waals surface area contributed by atoms with E-state index in [0.717, 1.165) is 0 Å². The molecule has 0 aromatic heterocycles. The molecule has 0 atom stereocenters. The zero-order valence-corrected chi connectivity index (χ0v) is 12.3. The first-order chi connectivity index (χ1) is 10.0. The van der Waals surface area contributed by atoms with Crippen molar-refractivity contribution in [3.63, 3.8) is 0 Å². The standard InChI is InChI=1S/C15H20N2O4/c1-4-8-20-10-14(18)17(3)13-9-11(16)6-7-12(13)15(19)21-5-2/h4,6-7,9H,1,5,8,10,16H2,2-3H3. The molecule has 0 bridgehead atoms. The number of nitrogen functional groups attached to an aromatic ring is 1. The Balaban J connectivity index is 2.98. The maximum atomic E-state index is 12.0. The molecule has 1 rings (SSSR count). The predicted molar refractivity (Wildman–Crippen MR) is 81.2 cm³/mol. The number of rotatable bonds is 7. The molecule has 0 saturated heterocycles. The number of amides is 1. The smallest absolute Gasteiger partial charge is 0.340 e. The number of ether oxygens (including phenoxy) is 2. The van der Waals surface area contributed by atoms with Crippen LogP contribution >= 0.6 is 0 Å². The second kappa shape index (κ2) is 8.06. The molecule has 0 aliphatic rings. The van der Waals surface area contributed by atoms with Gasteiger partial charge in [-0.15, -0.1) is 6.58 Å². The first-order valence-electron chi connectivity index (χ1n) is 6.53. The SMILES string of the molecule is C=CCOCC(=O)N(C)c1cc(N)ccc1C(=O)OCC. The third-order valence-electron chi connectivity index (χ3n) is 2.71. The lowest BCUT2D eigenvalue weighted by molar-refractivity contribution is -0.122. The van der Waals surface area contributed by atoms with Crippen LogP contribution in [0.5, 0.6) is 0 Å². The molecule has 0 radical (unpaired) electrons. The van der Waals surface area contributed by atoms with Crippen LogP contribution in [0, 0.1) is 0 Å². The molecule has 0 spiro atoms. The molecule has 0 heterocycles.